The maximum Gasteiger partial charge on any atom is 0.259 e. The lowest BCUT2D eigenvalue weighted by atomic mass is 9.80. The Balaban J connectivity index is 1.37. The van der Waals surface area contributed by atoms with Crippen molar-refractivity contribution in [3.63, 3.8) is 0 Å². The minimum absolute atomic E-state index is 0.0806. The van der Waals surface area contributed by atoms with Crippen molar-refractivity contribution in [1.29, 1.82) is 5.26 Å². The van der Waals surface area contributed by atoms with Gasteiger partial charge in [0, 0.05) is 38.2 Å². The standard InChI is InChI=1S/C49H57N8O6P/c1-34(2)57(35(3)4)64(61-29-15-28-50)63-42-30-44(56-47(36-16-11-9-12-17-36)54-45-46(53-33-55(5)6)51-32-52-48(45)56)62-43(42)31-60-49(37-18-13-10-14-19-37,38-20-24-40(58-7)25-21-38)39-22-26-41(59-8)27-23-39/h9-14,16-27,32-35,42-44H,15,29-31H2,1-8H3/t42-,43+,44+,64?/m0/s1. The van der Waals surface area contributed by atoms with Crippen molar-refractivity contribution in [3.8, 4) is 29.0 Å². The molecule has 0 radical (unpaired) electrons. The van der Waals surface area contributed by atoms with Crippen molar-refractivity contribution in [2.75, 3.05) is 41.5 Å². The van der Waals surface area contributed by atoms with E-state index >= 15 is 0 Å². The average molecular weight is 885 g/mol. The van der Waals surface area contributed by atoms with E-state index in [-0.39, 0.29) is 31.7 Å². The number of aliphatic imine (C=N–C) groups is 1. The lowest BCUT2D eigenvalue weighted by molar-refractivity contribution is -0.0909. The van der Waals surface area contributed by atoms with Gasteiger partial charge in [0.25, 0.3) is 8.53 Å². The molecule has 1 fully saturated rings. The van der Waals surface area contributed by atoms with Gasteiger partial charge in [0.15, 0.2) is 17.0 Å². The summed E-state index contributed by atoms with van der Waals surface area (Å²) in [7, 11) is 5.45. The maximum absolute atomic E-state index is 9.52. The van der Waals surface area contributed by atoms with Gasteiger partial charge in [-0.15, -0.1) is 0 Å². The molecular formula is C49H57N8O6P. The van der Waals surface area contributed by atoms with Crippen LogP contribution < -0.4 is 9.47 Å². The first-order valence-corrected chi connectivity index (χ1v) is 22.6. The summed E-state index contributed by atoms with van der Waals surface area (Å²) in [5.41, 5.74) is 3.55. The third-order valence-electron chi connectivity index (χ3n) is 10.9. The molecule has 3 heterocycles. The van der Waals surface area contributed by atoms with Crippen LogP contribution in [-0.2, 0) is 24.1 Å². The number of benzene rings is 4. The van der Waals surface area contributed by atoms with Crippen molar-refractivity contribution < 1.29 is 28.0 Å². The van der Waals surface area contributed by atoms with E-state index in [9.17, 15) is 5.26 Å². The number of rotatable bonds is 20. The number of nitrogens with zero attached hydrogens (tertiary/aromatic N) is 8. The van der Waals surface area contributed by atoms with E-state index in [1.54, 1.807) is 20.6 Å². The minimum atomic E-state index is -1.67. The van der Waals surface area contributed by atoms with Gasteiger partial charge >= 0.3 is 0 Å². The van der Waals surface area contributed by atoms with E-state index in [4.69, 9.17) is 38.0 Å². The van der Waals surface area contributed by atoms with Crippen LogP contribution in [0.3, 0.4) is 0 Å². The van der Waals surface area contributed by atoms with Crippen molar-refractivity contribution in [3.05, 3.63) is 132 Å². The monoisotopic (exact) mass is 884 g/mol. The molecule has 6 aromatic rings. The molecule has 15 heteroatoms. The third-order valence-corrected chi connectivity index (χ3v) is 13.1. The van der Waals surface area contributed by atoms with Gasteiger partial charge in [-0.1, -0.05) is 84.9 Å². The number of imidazole rings is 1. The molecule has 7 rings (SSSR count). The van der Waals surface area contributed by atoms with Gasteiger partial charge in [0.1, 0.15) is 41.6 Å². The van der Waals surface area contributed by atoms with Gasteiger partial charge in [-0.2, -0.15) is 5.26 Å². The van der Waals surface area contributed by atoms with E-state index in [1.165, 1.54) is 6.33 Å². The SMILES string of the molecule is COc1ccc(C(OC[C@H]2O[C@@H](n3c(-c4ccccc4)nc4c(N=CN(C)C)ncnc43)C[C@@H]2OP(OCCC#N)N(C(C)C)C(C)C)(c2ccccc2)c2ccc(OC)cc2)cc1. The summed E-state index contributed by atoms with van der Waals surface area (Å²) in [6.07, 6.45) is 2.02. The Kier molecular flexibility index (Phi) is 15.4. The van der Waals surface area contributed by atoms with Gasteiger partial charge < -0.3 is 32.9 Å². The summed E-state index contributed by atoms with van der Waals surface area (Å²) in [6.45, 7) is 8.81. The number of ether oxygens (including phenoxy) is 4. The van der Waals surface area contributed by atoms with E-state index < -0.39 is 32.6 Å². The zero-order valence-corrected chi connectivity index (χ0v) is 38.6. The first-order chi connectivity index (χ1) is 31.1. The lowest BCUT2D eigenvalue weighted by Crippen LogP contribution is -2.39. The fraction of sp³-hybridized carbons (Fsp3) is 0.367. The molecule has 2 aromatic heterocycles. The van der Waals surface area contributed by atoms with Crippen LogP contribution >= 0.6 is 8.53 Å². The van der Waals surface area contributed by atoms with E-state index in [0.29, 0.717) is 29.2 Å². The molecule has 0 amide bonds. The minimum Gasteiger partial charge on any atom is -0.497 e. The van der Waals surface area contributed by atoms with E-state index in [2.05, 4.69) is 60.5 Å². The number of aromatic nitrogens is 4. The lowest BCUT2D eigenvalue weighted by Gasteiger charge is -2.39. The molecular weight excluding hydrogens is 828 g/mol. The van der Waals surface area contributed by atoms with Crippen molar-refractivity contribution in [1.82, 2.24) is 29.1 Å². The molecule has 14 nitrogen and oxygen atoms in total. The Morgan fingerprint density at radius 2 is 1.45 bits per heavy atom. The highest BCUT2D eigenvalue weighted by atomic mass is 31.2. The summed E-state index contributed by atoms with van der Waals surface area (Å²) in [4.78, 5) is 21.0. The number of hydrogen-bond acceptors (Lipinski definition) is 12. The van der Waals surface area contributed by atoms with Crippen LogP contribution in [0.15, 0.2) is 121 Å². The molecule has 1 unspecified atom stereocenters. The molecule has 334 valence electrons. The Morgan fingerprint density at radius 1 is 0.859 bits per heavy atom. The summed E-state index contributed by atoms with van der Waals surface area (Å²) < 4.78 is 43.9. The smallest absolute Gasteiger partial charge is 0.259 e. The van der Waals surface area contributed by atoms with Crippen LogP contribution in [-0.4, -0.2) is 101 Å². The largest absolute Gasteiger partial charge is 0.497 e. The first-order valence-electron chi connectivity index (χ1n) is 21.5. The van der Waals surface area contributed by atoms with Crippen molar-refractivity contribution in [2.24, 2.45) is 4.99 Å². The Bertz CT molecular complexity index is 2420. The quantitative estimate of drug-likeness (QED) is 0.0237. The van der Waals surface area contributed by atoms with Crippen LogP contribution in [0.25, 0.3) is 22.6 Å². The molecule has 4 atom stereocenters. The van der Waals surface area contributed by atoms with E-state index in [0.717, 1.165) is 33.8 Å². The molecule has 64 heavy (non-hydrogen) atoms. The second-order valence-corrected chi connectivity index (χ2v) is 17.5. The second kappa shape index (κ2) is 21.3. The number of fused-ring (bicyclic) bond motifs is 1. The highest BCUT2D eigenvalue weighted by Crippen LogP contribution is 2.51. The van der Waals surface area contributed by atoms with Gasteiger partial charge in [0.05, 0.1) is 52.4 Å². The molecule has 1 aliphatic heterocycles. The fourth-order valence-electron chi connectivity index (χ4n) is 8.04. The van der Waals surface area contributed by atoms with Crippen LogP contribution in [0, 0.1) is 11.3 Å². The molecule has 0 aliphatic carbocycles. The van der Waals surface area contributed by atoms with Crippen molar-refractivity contribution >= 4 is 31.8 Å². The third kappa shape index (κ3) is 10.1. The molecule has 1 saturated heterocycles. The summed E-state index contributed by atoms with van der Waals surface area (Å²) in [5, 5.41) is 9.52. The predicted octanol–water partition coefficient (Wildman–Crippen LogP) is 9.69. The van der Waals surface area contributed by atoms with Gasteiger partial charge in [-0.3, -0.25) is 4.57 Å². The number of hydrogen-bond donors (Lipinski definition) is 0. The molecule has 0 N–H and O–H groups in total. The first kappa shape index (κ1) is 46.2. The van der Waals surface area contributed by atoms with E-state index in [1.807, 2.05) is 121 Å². The Labute approximate surface area is 377 Å². The van der Waals surface area contributed by atoms with Crippen LogP contribution in [0.1, 0.15) is 63.5 Å². The normalized spacial score (nSPS) is 17.1. The average Bonchev–Trinajstić information content (AvgIpc) is 3.90. The molecule has 4 aromatic carbocycles. The fourth-order valence-corrected chi connectivity index (χ4v) is 9.79. The maximum atomic E-state index is 9.52. The molecule has 0 spiro atoms. The Hall–Kier alpha value is -5.78. The highest BCUT2D eigenvalue weighted by molar-refractivity contribution is 7.44. The van der Waals surface area contributed by atoms with Gasteiger partial charge in [-0.05, 0) is 68.7 Å². The van der Waals surface area contributed by atoms with Crippen LogP contribution in [0.4, 0.5) is 5.82 Å². The predicted molar refractivity (Wildman–Crippen MR) is 249 cm³/mol. The van der Waals surface area contributed by atoms with Crippen molar-refractivity contribution in [2.45, 2.75) is 76.7 Å². The Morgan fingerprint density at radius 3 is 2.02 bits per heavy atom. The van der Waals surface area contributed by atoms with Crippen LogP contribution in [0.5, 0.6) is 11.5 Å². The zero-order chi connectivity index (χ0) is 45.2. The topological polar surface area (TPSA) is 142 Å². The molecule has 1 aliphatic rings. The second-order valence-electron chi connectivity index (χ2n) is 16.1. The summed E-state index contributed by atoms with van der Waals surface area (Å²) >= 11 is 0. The summed E-state index contributed by atoms with van der Waals surface area (Å²) in [5.74, 6) is 2.53. The number of methoxy groups -OCH3 is 2. The zero-order valence-electron chi connectivity index (χ0n) is 37.7. The highest BCUT2D eigenvalue weighted by Gasteiger charge is 2.46. The number of nitriles is 1. The molecule has 0 saturated carbocycles. The van der Waals surface area contributed by atoms with Gasteiger partial charge in [-0.25, -0.2) is 24.6 Å². The van der Waals surface area contributed by atoms with Crippen LogP contribution in [0.2, 0.25) is 0 Å². The van der Waals surface area contributed by atoms with Gasteiger partial charge in [0.2, 0.25) is 0 Å². The molecule has 0 bridgehead atoms. The summed E-state index contributed by atoms with van der Waals surface area (Å²) in [6, 6.07) is 38.4.